The molecule has 3 amide bonds. The second-order valence-corrected chi connectivity index (χ2v) is 7.25. The number of carbonyl (C=O) groups is 2. The van der Waals surface area contributed by atoms with Gasteiger partial charge in [-0.05, 0) is 49.2 Å². The maximum atomic E-state index is 12.9. The third-order valence-electron chi connectivity index (χ3n) is 4.91. The Bertz CT molecular complexity index is 929. The van der Waals surface area contributed by atoms with Crippen LogP contribution in [-0.2, 0) is 11.2 Å². The Hall–Kier alpha value is -3.22. The molecule has 0 unspecified atom stereocenters. The van der Waals surface area contributed by atoms with Crippen LogP contribution in [0.2, 0.25) is 0 Å². The molecule has 0 saturated carbocycles. The number of ether oxygens (including phenoxy) is 3. The third kappa shape index (κ3) is 3.47. The molecular weight excluding hydrogens is 360 g/mol. The Morgan fingerprint density at radius 2 is 1.96 bits per heavy atom. The summed E-state index contributed by atoms with van der Waals surface area (Å²) in [7, 11) is 0. The number of fused-ring (bicyclic) bond motifs is 1. The first-order valence-electron chi connectivity index (χ1n) is 9.17. The van der Waals surface area contributed by atoms with Crippen LogP contribution in [-0.4, -0.2) is 42.3 Å². The van der Waals surface area contributed by atoms with Gasteiger partial charge in [0.25, 0.3) is 5.91 Å². The number of carbonyl (C=O) groups excluding carboxylic acids is 2. The fourth-order valence-electron chi connectivity index (χ4n) is 3.49. The lowest BCUT2D eigenvalue weighted by Gasteiger charge is -2.22. The van der Waals surface area contributed by atoms with Gasteiger partial charge in [-0.3, -0.25) is 9.69 Å². The molecule has 0 aromatic heterocycles. The van der Waals surface area contributed by atoms with Crippen LogP contribution in [0, 0.1) is 6.92 Å². The van der Waals surface area contributed by atoms with Crippen LogP contribution in [0.25, 0.3) is 0 Å². The van der Waals surface area contributed by atoms with E-state index in [0.29, 0.717) is 17.9 Å². The minimum absolute atomic E-state index is 0.190. The Morgan fingerprint density at radius 3 is 2.79 bits per heavy atom. The predicted octanol–water partition coefficient (Wildman–Crippen LogP) is 2.66. The number of aryl methyl sites for hydroxylation is 1. The van der Waals surface area contributed by atoms with Gasteiger partial charge in [0.1, 0.15) is 17.9 Å². The van der Waals surface area contributed by atoms with E-state index in [1.54, 1.807) is 6.92 Å². The van der Waals surface area contributed by atoms with Gasteiger partial charge >= 0.3 is 6.03 Å². The molecule has 0 radical (unpaired) electrons. The Balaban J connectivity index is 1.39. The Kier molecular flexibility index (Phi) is 4.58. The van der Waals surface area contributed by atoms with Crippen molar-refractivity contribution in [3.63, 3.8) is 0 Å². The van der Waals surface area contributed by atoms with E-state index in [1.165, 1.54) is 4.90 Å². The first-order valence-corrected chi connectivity index (χ1v) is 9.17. The molecule has 146 valence electrons. The molecular formula is C21H22N2O5. The molecule has 1 saturated heterocycles. The van der Waals surface area contributed by atoms with E-state index in [4.69, 9.17) is 14.2 Å². The van der Waals surface area contributed by atoms with Crippen molar-refractivity contribution in [2.45, 2.75) is 25.8 Å². The van der Waals surface area contributed by atoms with Crippen molar-refractivity contribution in [2.24, 2.45) is 0 Å². The van der Waals surface area contributed by atoms with Gasteiger partial charge in [-0.2, -0.15) is 0 Å². The van der Waals surface area contributed by atoms with Crippen LogP contribution < -0.4 is 19.5 Å². The zero-order chi connectivity index (χ0) is 19.7. The van der Waals surface area contributed by atoms with E-state index in [-0.39, 0.29) is 25.9 Å². The van der Waals surface area contributed by atoms with E-state index in [1.807, 2.05) is 49.4 Å². The van der Waals surface area contributed by atoms with Gasteiger partial charge in [-0.15, -0.1) is 0 Å². The highest BCUT2D eigenvalue weighted by atomic mass is 16.7. The molecule has 7 nitrogen and oxygen atoms in total. The molecule has 2 aromatic carbocycles. The molecule has 2 aliphatic heterocycles. The van der Waals surface area contributed by atoms with Gasteiger partial charge < -0.3 is 19.5 Å². The van der Waals surface area contributed by atoms with Gasteiger partial charge in [0, 0.05) is 6.42 Å². The van der Waals surface area contributed by atoms with Crippen LogP contribution in [0.4, 0.5) is 4.79 Å². The van der Waals surface area contributed by atoms with Crippen molar-refractivity contribution >= 4 is 11.9 Å². The topological polar surface area (TPSA) is 77.1 Å². The van der Waals surface area contributed by atoms with Crippen LogP contribution in [0.3, 0.4) is 0 Å². The Morgan fingerprint density at radius 1 is 1.14 bits per heavy atom. The highest BCUT2D eigenvalue weighted by molar-refractivity contribution is 6.07. The number of hydrogen-bond acceptors (Lipinski definition) is 5. The standard InChI is InChI=1S/C21H22N2O5/c1-14-4-3-5-16(10-14)26-9-8-23-19(24)21(2,22-20(23)25)12-15-6-7-17-18(11-15)28-13-27-17/h3-7,10-11H,8-9,12-13H2,1-2H3,(H,22,25)/t21-/m1/s1. The van der Waals surface area contributed by atoms with Crippen molar-refractivity contribution in [3.05, 3.63) is 53.6 Å². The summed E-state index contributed by atoms with van der Waals surface area (Å²) in [4.78, 5) is 26.5. The van der Waals surface area contributed by atoms with Gasteiger partial charge in [-0.25, -0.2) is 4.79 Å². The molecule has 28 heavy (non-hydrogen) atoms. The van der Waals surface area contributed by atoms with E-state index >= 15 is 0 Å². The van der Waals surface area contributed by atoms with Crippen LogP contribution >= 0.6 is 0 Å². The number of benzene rings is 2. The summed E-state index contributed by atoms with van der Waals surface area (Å²) >= 11 is 0. The lowest BCUT2D eigenvalue weighted by atomic mass is 9.92. The summed E-state index contributed by atoms with van der Waals surface area (Å²) in [5.41, 5.74) is 0.968. The lowest BCUT2D eigenvalue weighted by Crippen LogP contribution is -2.46. The molecule has 0 spiro atoms. The third-order valence-corrected chi connectivity index (χ3v) is 4.91. The molecule has 2 aromatic rings. The predicted molar refractivity (Wildman–Crippen MR) is 102 cm³/mol. The van der Waals surface area contributed by atoms with Crippen molar-refractivity contribution in [3.8, 4) is 17.2 Å². The molecule has 1 N–H and O–H groups in total. The zero-order valence-electron chi connectivity index (χ0n) is 15.9. The maximum absolute atomic E-state index is 12.9. The van der Waals surface area contributed by atoms with E-state index in [2.05, 4.69) is 5.32 Å². The smallest absolute Gasteiger partial charge is 0.325 e. The summed E-state index contributed by atoms with van der Waals surface area (Å²) in [5.74, 6) is 1.80. The molecule has 0 bridgehead atoms. The molecule has 0 aliphatic carbocycles. The first kappa shape index (κ1) is 18.2. The molecule has 7 heteroatoms. The SMILES string of the molecule is Cc1cccc(OCCN2C(=O)N[C@](C)(Cc3ccc4c(c3)OCO4)C2=O)c1. The normalized spacial score (nSPS) is 20.4. The summed E-state index contributed by atoms with van der Waals surface area (Å²) in [6.07, 6.45) is 0.365. The zero-order valence-corrected chi connectivity index (χ0v) is 15.9. The number of rotatable bonds is 6. The minimum Gasteiger partial charge on any atom is -0.492 e. The molecule has 4 rings (SSSR count). The largest absolute Gasteiger partial charge is 0.492 e. The second-order valence-electron chi connectivity index (χ2n) is 7.25. The maximum Gasteiger partial charge on any atom is 0.325 e. The number of nitrogens with zero attached hydrogens (tertiary/aromatic N) is 1. The Labute approximate surface area is 163 Å². The average Bonchev–Trinajstić information content (AvgIpc) is 3.19. The second kappa shape index (κ2) is 7.07. The van der Waals surface area contributed by atoms with Crippen LogP contribution in [0.5, 0.6) is 17.2 Å². The number of amides is 3. The van der Waals surface area contributed by atoms with Gasteiger partial charge in [0.2, 0.25) is 6.79 Å². The van der Waals surface area contributed by atoms with Gasteiger partial charge in [0.05, 0.1) is 6.54 Å². The fourth-order valence-corrected chi connectivity index (χ4v) is 3.49. The van der Waals surface area contributed by atoms with E-state index in [9.17, 15) is 9.59 Å². The van der Waals surface area contributed by atoms with Gasteiger partial charge in [0.15, 0.2) is 11.5 Å². The van der Waals surface area contributed by atoms with Gasteiger partial charge in [-0.1, -0.05) is 18.2 Å². The number of urea groups is 1. The monoisotopic (exact) mass is 382 g/mol. The average molecular weight is 382 g/mol. The molecule has 2 aliphatic rings. The molecule has 1 atom stereocenters. The number of nitrogens with one attached hydrogen (secondary N) is 1. The first-order chi connectivity index (χ1) is 13.4. The van der Waals surface area contributed by atoms with Crippen molar-refractivity contribution < 1.29 is 23.8 Å². The quantitative estimate of drug-likeness (QED) is 0.778. The summed E-state index contributed by atoms with van der Waals surface area (Å²) in [5, 5.41) is 2.81. The molecule has 1 fully saturated rings. The summed E-state index contributed by atoms with van der Waals surface area (Å²) < 4.78 is 16.4. The highest BCUT2D eigenvalue weighted by Crippen LogP contribution is 2.34. The van der Waals surface area contributed by atoms with Crippen molar-refractivity contribution in [1.29, 1.82) is 0 Å². The summed E-state index contributed by atoms with van der Waals surface area (Å²) in [6, 6.07) is 12.8. The number of hydrogen-bond donors (Lipinski definition) is 1. The van der Waals surface area contributed by atoms with E-state index < -0.39 is 11.6 Å². The van der Waals surface area contributed by atoms with Crippen molar-refractivity contribution in [2.75, 3.05) is 19.9 Å². The highest BCUT2D eigenvalue weighted by Gasteiger charge is 2.47. The lowest BCUT2D eigenvalue weighted by molar-refractivity contribution is -0.131. The molecule has 2 heterocycles. The van der Waals surface area contributed by atoms with Crippen molar-refractivity contribution in [1.82, 2.24) is 10.2 Å². The van der Waals surface area contributed by atoms with Crippen LogP contribution in [0.15, 0.2) is 42.5 Å². The van der Waals surface area contributed by atoms with E-state index in [0.717, 1.165) is 16.9 Å². The minimum atomic E-state index is -1.01. The number of imide groups is 1. The fraction of sp³-hybridized carbons (Fsp3) is 0.333. The van der Waals surface area contributed by atoms with Crippen LogP contribution in [0.1, 0.15) is 18.1 Å². The summed E-state index contributed by atoms with van der Waals surface area (Å²) in [6.45, 7) is 4.34.